The highest BCUT2D eigenvalue weighted by Gasteiger charge is 2.27. The van der Waals surface area contributed by atoms with Crippen molar-refractivity contribution in [3.8, 4) is 11.1 Å². The maximum absolute atomic E-state index is 12.5. The molecule has 1 atom stereocenters. The lowest BCUT2D eigenvalue weighted by Crippen LogP contribution is -2.17. The van der Waals surface area contributed by atoms with E-state index in [1.165, 1.54) is 18.4 Å². The molecule has 0 radical (unpaired) electrons. The van der Waals surface area contributed by atoms with Gasteiger partial charge in [0, 0.05) is 65.1 Å². The van der Waals surface area contributed by atoms with Crippen molar-refractivity contribution in [3.05, 3.63) is 88.9 Å². The van der Waals surface area contributed by atoms with Crippen LogP contribution in [0.2, 0.25) is 0 Å². The van der Waals surface area contributed by atoms with E-state index in [4.69, 9.17) is 0 Å². The van der Waals surface area contributed by atoms with E-state index in [0.29, 0.717) is 11.6 Å². The average molecular weight is 424 g/mol. The smallest absolute Gasteiger partial charge is 0.272 e. The second-order valence-corrected chi connectivity index (χ2v) is 8.84. The number of fused-ring (bicyclic) bond motifs is 2. The van der Waals surface area contributed by atoms with Crippen LogP contribution in [0, 0.1) is 5.92 Å². The molecule has 4 aromatic heterocycles. The zero-order valence-electron chi connectivity index (χ0n) is 17.9. The molecule has 1 aliphatic carbocycles. The van der Waals surface area contributed by atoms with E-state index in [1.807, 2.05) is 41.2 Å². The summed E-state index contributed by atoms with van der Waals surface area (Å²) >= 11 is 0. The number of anilines is 1. The summed E-state index contributed by atoms with van der Waals surface area (Å²) in [5.41, 5.74) is 6.84. The number of benzene rings is 1. The van der Waals surface area contributed by atoms with Gasteiger partial charge >= 0.3 is 0 Å². The summed E-state index contributed by atoms with van der Waals surface area (Å²) in [7, 11) is 0. The Labute approximate surface area is 185 Å². The zero-order valence-corrected chi connectivity index (χ0v) is 17.9. The van der Waals surface area contributed by atoms with Gasteiger partial charge in [0.05, 0.1) is 0 Å². The van der Waals surface area contributed by atoms with Gasteiger partial charge in [-0.25, -0.2) is 4.98 Å². The first-order valence-electron chi connectivity index (χ1n) is 11.2. The summed E-state index contributed by atoms with van der Waals surface area (Å²) in [5, 5.41) is 4.65. The lowest BCUT2D eigenvalue weighted by molar-refractivity contribution is 0.694. The second-order valence-electron chi connectivity index (χ2n) is 8.84. The number of hydrogen-bond donors (Lipinski definition) is 3. The van der Waals surface area contributed by atoms with Crippen molar-refractivity contribution in [2.45, 2.75) is 32.2 Å². The Morgan fingerprint density at radius 2 is 2.00 bits per heavy atom. The quantitative estimate of drug-likeness (QED) is 0.361. The van der Waals surface area contributed by atoms with Crippen molar-refractivity contribution < 1.29 is 0 Å². The fraction of sp³-hybridized carbons (Fsp3) is 0.231. The Hall–Kier alpha value is -3.80. The average Bonchev–Trinajstić information content (AvgIpc) is 3.42. The maximum Gasteiger partial charge on any atom is 0.272 e. The molecule has 0 amide bonds. The lowest BCUT2D eigenvalue weighted by atomic mass is 10.1. The molecule has 1 aliphatic rings. The molecule has 6 rings (SSSR count). The van der Waals surface area contributed by atoms with E-state index in [0.717, 1.165) is 45.9 Å². The van der Waals surface area contributed by atoms with Crippen molar-refractivity contribution >= 4 is 22.2 Å². The molecule has 0 aliphatic heterocycles. The van der Waals surface area contributed by atoms with E-state index in [9.17, 15) is 4.79 Å². The van der Waals surface area contributed by atoms with Crippen molar-refractivity contribution in [2.24, 2.45) is 5.92 Å². The molecule has 5 aromatic rings. The first-order valence-corrected chi connectivity index (χ1v) is 11.2. The number of rotatable bonds is 6. The fourth-order valence-corrected chi connectivity index (χ4v) is 4.55. The van der Waals surface area contributed by atoms with Gasteiger partial charge in [0.25, 0.3) is 5.56 Å². The molecule has 0 saturated heterocycles. The van der Waals surface area contributed by atoms with Crippen molar-refractivity contribution in [1.82, 2.24) is 19.4 Å². The summed E-state index contributed by atoms with van der Waals surface area (Å²) in [6, 6.07) is 15.1. The Morgan fingerprint density at radius 1 is 1.16 bits per heavy atom. The predicted molar refractivity (Wildman–Crippen MR) is 128 cm³/mol. The molecule has 1 saturated carbocycles. The standard InChI is InChI=1S/C26H25N5O/c1-16(18-6-7-18)30-20-8-4-17(5-9-20)11-21-13-29-26(32)24-12-19(15-31(21)24)23-14-28-25-22(23)3-2-10-27-25/h2-5,8-10,12-16,18,30H,6-7,11H2,1H3,(H,27,28)(H,29,32). The molecule has 1 unspecified atom stereocenters. The predicted octanol–water partition coefficient (Wildman–Crippen LogP) is 4.97. The first kappa shape index (κ1) is 18.9. The van der Waals surface area contributed by atoms with Crippen LogP contribution in [0.25, 0.3) is 27.7 Å². The highest BCUT2D eigenvalue weighted by molar-refractivity contribution is 5.94. The molecular formula is C26H25N5O. The highest BCUT2D eigenvalue weighted by Crippen LogP contribution is 2.34. The van der Waals surface area contributed by atoms with Crippen LogP contribution in [0.15, 0.2) is 72.0 Å². The van der Waals surface area contributed by atoms with Gasteiger partial charge in [0.1, 0.15) is 11.2 Å². The lowest BCUT2D eigenvalue weighted by Gasteiger charge is -2.14. The molecule has 1 fully saturated rings. The Morgan fingerprint density at radius 3 is 2.81 bits per heavy atom. The maximum atomic E-state index is 12.5. The van der Waals surface area contributed by atoms with Gasteiger partial charge in [-0.15, -0.1) is 0 Å². The molecule has 0 bridgehead atoms. The summed E-state index contributed by atoms with van der Waals surface area (Å²) in [6.45, 7) is 2.26. The van der Waals surface area contributed by atoms with Crippen LogP contribution in [0.5, 0.6) is 0 Å². The van der Waals surface area contributed by atoms with Gasteiger partial charge in [0.15, 0.2) is 0 Å². The molecule has 4 heterocycles. The molecule has 6 heteroatoms. The van der Waals surface area contributed by atoms with Crippen LogP contribution >= 0.6 is 0 Å². The van der Waals surface area contributed by atoms with Gasteiger partial charge in [-0.05, 0) is 61.6 Å². The van der Waals surface area contributed by atoms with Crippen LogP contribution in [0.3, 0.4) is 0 Å². The minimum absolute atomic E-state index is 0.0911. The van der Waals surface area contributed by atoms with Crippen LogP contribution in [-0.2, 0) is 6.42 Å². The van der Waals surface area contributed by atoms with Crippen LogP contribution < -0.4 is 10.9 Å². The summed E-state index contributed by atoms with van der Waals surface area (Å²) in [6.07, 6.45) is 11.0. The van der Waals surface area contributed by atoms with Gasteiger partial charge in [-0.2, -0.15) is 0 Å². The summed E-state index contributed by atoms with van der Waals surface area (Å²) in [5.74, 6) is 0.819. The molecule has 0 spiro atoms. The molecule has 3 N–H and O–H groups in total. The van der Waals surface area contributed by atoms with E-state index in [-0.39, 0.29) is 5.56 Å². The van der Waals surface area contributed by atoms with Crippen molar-refractivity contribution in [1.29, 1.82) is 0 Å². The molecule has 1 aromatic carbocycles. The second kappa shape index (κ2) is 7.41. The summed E-state index contributed by atoms with van der Waals surface area (Å²) < 4.78 is 2.00. The minimum Gasteiger partial charge on any atom is -0.382 e. The SMILES string of the molecule is CC(Nc1ccc(Cc2c[nH]c(=O)c3cc(-c4c[nH]c5ncccc45)cn23)cc1)C1CC1. The number of aromatic nitrogens is 4. The topological polar surface area (TPSA) is 78.0 Å². The van der Waals surface area contributed by atoms with E-state index < -0.39 is 0 Å². The van der Waals surface area contributed by atoms with E-state index >= 15 is 0 Å². The zero-order chi connectivity index (χ0) is 21.7. The van der Waals surface area contributed by atoms with Gasteiger partial charge in [-0.1, -0.05) is 12.1 Å². The van der Waals surface area contributed by atoms with Crippen molar-refractivity contribution in [2.75, 3.05) is 5.32 Å². The Bertz CT molecular complexity index is 1470. The van der Waals surface area contributed by atoms with Crippen LogP contribution in [-0.4, -0.2) is 25.4 Å². The third-order valence-corrected chi connectivity index (χ3v) is 6.56. The van der Waals surface area contributed by atoms with E-state index in [1.54, 1.807) is 6.20 Å². The normalized spacial score (nSPS) is 14.8. The molecule has 160 valence electrons. The first-order chi connectivity index (χ1) is 15.7. The number of nitrogens with zero attached hydrogens (tertiary/aromatic N) is 2. The molecule has 32 heavy (non-hydrogen) atoms. The van der Waals surface area contributed by atoms with Crippen LogP contribution in [0.1, 0.15) is 31.0 Å². The van der Waals surface area contributed by atoms with Gasteiger partial charge in [0.2, 0.25) is 0 Å². The third-order valence-electron chi connectivity index (χ3n) is 6.56. The minimum atomic E-state index is -0.0911. The fourth-order valence-electron chi connectivity index (χ4n) is 4.55. The van der Waals surface area contributed by atoms with E-state index in [2.05, 4.69) is 51.5 Å². The Kier molecular flexibility index (Phi) is 4.38. The van der Waals surface area contributed by atoms with Gasteiger partial charge < -0.3 is 19.7 Å². The molecular weight excluding hydrogens is 398 g/mol. The van der Waals surface area contributed by atoms with Gasteiger partial charge in [-0.3, -0.25) is 4.79 Å². The van der Waals surface area contributed by atoms with Crippen molar-refractivity contribution in [3.63, 3.8) is 0 Å². The monoisotopic (exact) mass is 423 g/mol. The largest absolute Gasteiger partial charge is 0.382 e. The Balaban J connectivity index is 1.32. The number of H-pyrrole nitrogens is 2. The third kappa shape index (κ3) is 3.38. The highest BCUT2D eigenvalue weighted by atomic mass is 16.1. The number of hydrogen-bond acceptors (Lipinski definition) is 3. The number of nitrogens with one attached hydrogen (secondary N) is 3. The number of pyridine rings is 1. The van der Waals surface area contributed by atoms with Crippen LogP contribution in [0.4, 0.5) is 5.69 Å². The number of aromatic amines is 2. The summed E-state index contributed by atoms with van der Waals surface area (Å²) in [4.78, 5) is 23.0. The molecule has 6 nitrogen and oxygen atoms in total.